The van der Waals surface area contributed by atoms with E-state index in [0.29, 0.717) is 12.5 Å². The van der Waals surface area contributed by atoms with Crippen LogP contribution in [0.1, 0.15) is 24.3 Å². The van der Waals surface area contributed by atoms with Crippen molar-refractivity contribution in [1.29, 1.82) is 0 Å². The normalized spacial score (nSPS) is 14.9. The van der Waals surface area contributed by atoms with Crippen molar-refractivity contribution >= 4 is 17.2 Å². The molecule has 100 valence electrons. The van der Waals surface area contributed by atoms with Crippen molar-refractivity contribution in [3.8, 4) is 0 Å². The van der Waals surface area contributed by atoms with Crippen molar-refractivity contribution in [2.24, 2.45) is 5.92 Å². The summed E-state index contributed by atoms with van der Waals surface area (Å²) in [5.41, 5.74) is 4.04. The van der Waals surface area contributed by atoms with Gasteiger partial charge in [-0.25, -0.2) is 0 Å². The molecule has 0 radical (unpaired) electrons. The zero-order valence-electron chi connectivity index (χ0n) is 10.9. The molecule has 1 aliphatic rings. The maximum absolute atomic E-state index is 12.0. The first-order valence-corrected chi connectivity index (χ1v) is 7.22. The molecule has 4 nitrogen and oxygen atoms in total. The van der Waals surface area contributed by atoms with Crippen LogP contribution in [0.15, 0.2) is 11.4 Å². The van der Waals surface area contributed by atoms with Crippen molar-refractivity contribution in [1.82, 2.24) is 10.4 Å². The third-order valence-electron chi connectivity index (χ3n) is 2.90. The summed E-state index contributed by atoms with van der Waals surface area (Å²) in [6, 6.07) is 2.11. The van der Waals surface area contributed by atoms with E-state index in [-0.39, 0.29) is 12.5 Å². The van der Waals surface area contributed by atoms with Crippen LogP contribution in [0.2, 0.25) is 0 Å². The lowest BCUT2D eigenvalue weighted by Crippen LogP contribution is -2.41. The quantitative estimate of drug-likeness (QED) is 0.654. The molecule has 0 fully saturated rings. The van der Waals surface area contributed by atoms with E-state index in [9.17, 15) is 4.79 Å². The van der Waals surface area contributed by atoms with E-state index in [4.69, 9.17) is 4.84 Å². The van der Waals surface area contributed by atoms with E-state index in [1.807, 2.05) is 4.90 Å². The van der Waals surface area contributed by atoms with Crippen LogP contribution in [0.4, 0.5) is 0 Å². The van der Waals surface area contributed by atoms with Gasteiger partial charge in [0.25, 0.3) is 0 Å². The number of nitrogens with zero attached hydrogens (tertiary/aromatic N) is 1. The predicted octanol–water partition coefficient (Wildman–Crippen LogP) is 1.81. The Kier molecular flexibility index (Phi) is 4.74. The van der Waals surface area contributed by atoms with E-state index in [1.165, 1.54) is 10.4 Å². The molecule has 1 aromatic heterocycles. The average Bonchev–Trinajstić information content (AvgIpc) is 2.81. The van der Waals surface area contributed by atoms with Gasteiger partial charge in [-0.15, -0.1) is 11.3 Å². The highest BCUT2D eigenvalue weighted by atomic mass is 32.1. The van der Waals surface area contributed by atoms with Crippen molar-refractivity contribution in [3.63, 3.8) is 0 Å². The lowest BCUT2D eigenvalue weighted by molar-refractivity contribution is -0.134. The molecule has 0 saturated carbocycles. The first kappa shape index (κ1) is 13.5. The Morgan fingerprint density at radius 3 is 3.22 bits per heavy atom. The Labute approximate surface area is 112 Å². The van der Waals surface area contributed by atoms with Crippen LogP contribution < -0.4 is 5.48 Å². The van der Waals surface area contributed by atoms with Crippen molar-refractivity contribution in [2.45, 2.75) is 26.8 Å². The van der Waals surface area contributed by atoms with Gasteiger partial charge < -0.3 is 9.74 Å². The second kappa shape index (κ2) is 6.31. The van der Waals surface area contributed by atoms with Crippen LogP contribution in [0.3, 0.4) is 0 Å². The maximum atomic E-state index is 12.0. The molecule has 0 aromatic carbocycles. The fraction of sp³-hybridized carbons (Fsp3) is 0.615. The number of hydrogen-bond acceptors (Lipinski definition) is 4. The average molecular weight is 268 g/mol. The van der Waals surface area contributed by atoms with Crippen molar-refractivity contribution in [3.05, 3.63) is 21.9 Å². The molecule has 0 aliphatic carbocycles. The number of amides is 1. The van der Waals surface area contributed by atoms with E-state index >= 15 is 0 Å². The molecule has 0 bridgehead atoms. The van der Waals surface area contributed by atoms with Crippen molar-refractivity contribution < 1.29 is 9.63 Å². The molecule has 5 heteroatoms. The molecular weight excluding hydrogens is 248 g/mol. The summed E-state index contributed by atoms with van der Waals surface area (Å²) in [6.07, 6.45) is 0.978. The fourth-order valence-electron chi connectivity index (χ4n) is 1.91. The van der Waals surface area contributed by atoms with Gasteiger partial charge in [-0.05, 0) is 29.3 Å². The Hall–Kier alpha value is -0.910. The van der Waals surface area contributed by atoms with Gasteiger partial charge >= 0.3 is 0 Å². The number of fused-ring (bicyclic) bond motifs is 1. The van der Waals surface area contributed by atoms with Gasteiger partial charge in [-0.2, -0.15) is 5.48 Å². The second-order valence-corrected chi connectivity index (χ2v) is 5.96. The van der Waals surface area contributed by atoms with Gasteiger partial charge in [0, 0.05) is 18.0 Å². The lowest BCUT2D eigenvalue weighted by atomic mass is 10.1. The van der Waals surface area contributed by atoms with Gasteiger partial charge in [0.2, 0.25) is 5.91 Å². The molecule has 18 heavy (non-hydrogen) atoms. The zero-order valence-corrected chi connectivity index (χ0v) is 11.8. The number of hydrogen-bond donors (Lipinski definition) is 1. The predicted molar refractivity (Wildman–Crippen MR) is 72.2 cm³/mol. The summed E-state index contributed by atoms with van der Waals surface area (Å²) in [7, 11) is 0. The maximum Gasteiger partial charge on any atom is 0.239 e. The number of nitrogens with one attached hydrogen (secondary N) is 1. The van der Waals surface area contributed by atoms with Crippen LogP contribution in [-0.4, -0.2) is 30.5 Å². The smallest absolute Gasteiger partial charge is 0.239 e. The molecule has 0 atom stereocenters. The molecular formula is C13H20N2O2S. The van der Waals surface area contributed by atoms with Crippen LogP contribution in [0, 0.1) is 5.92 Å². The zero-order chi connectivity index (χ0) is 13.0. The van der Waals surface area contributed by atoms with Crippen LogP contribution >= 0.6 is 11.3 Å². The first-order chi connectivity index (χ1) is 8.66. The molecule has 0 saturated heterocycles. The van der Waals surface area contributed by atoms with Gasteiger partial charge in [-0.1, -0.05) is 13.8 Å². The van der Waals surface area contributed by atoms with Gasteiger partial charge in [0.1, 0.15) is 6.54 Å². The molecule has 2 heterocycles. The number of hydroxylamine groups is 1. The fourth-order valence-corrected chi connectivity index (χ4v) is 2.80. The molecule has 1 N–H and O–H groups in total. The molecule has 1 aromatic rings. The minimum absolute atomic E-state index is 0.107. The van der Waals surface area contributed by atoms with E-state index in [0.717, 1.165) is 19.5 Å². The summed E-state index contributed by atoms with van der Waals surface area (Å²) in [4.78, 5) is 20.5. The third-order valence-corrected chi connectivity index (χ3v) is 3.93. The summed E-state index contributed by atoms with van der Waals surface area (Å²) in [5, 5.41) is 2.10. The first-order valence-electron chi connectivity index (χ1n) is 6.34. The Bertz CT molecular complexity index is 403. The molecule has 0 spiro atoms. The van der Waals surface area contributed by atoms with Crippen molar-refractivity contribution in [2.75, 3.05) is 19.7 Å². The summed E-state index contributed by atoms with van der Waals surface area (Å²) < 4.78 is 0. The van der Waals surface area contributed by atoms with E-state index in [2.05, 4.69) is 30.8 Å². The van der Waals surface area contributed by atoms with E-state index in [1.54, 1.807) is 11.3 Å². The van der Waals surface area contributed by atoms with E-state index < -0.39 is 0 Å². The largest absolute Gasteiger partial charge is 0.337 e. The summed E-state index contributed by atoms with van der Waals surface area (Å²) in [6.45, 7) is 6.59. The topological polar surface area (TPSA) is 41.6 Å². The number of rotatable bonds is 5. The van der Waals surface area contributed by atoms with Gasteiger partial charge in [-0.3, -0.25) is 4.79 Å². The lowest BCUT2D eigenvalue weighted by Gasteiger charge is -2.27. The highest BCUT2D eigenvalue weighted by Gasteiger charge is 2.20. The minimum atomic E-state index is 0.107. The number of thiophene rings is 1. The van der Waals surface area contributed by atoms with Crippen LogP contribution in [-0.2, 0) is 22.6 Å². The Morgan fingerprint density at radius 1 is 1.61 bits per heavy atom. The molecule has 2 rings (SSSR count). The molecule has 1 aliphatic heterocycles. The number of carbonyl (C=O) groups is 1. The Morgan fingerprint density at radius 2 is 2.44 bits per heavy atom. The highest BCUT2D eigenvalue weighted by Crippen LogP contribution is 2.23. The second-order valence-electron chi connectivity index (χ2n) is 4.96. The van der Waals surface area contributed by atoms with Gasteiger partial charge in [0.15, 0.2) is 0 Å². The molecule has 1 amide bonds. The number of carbonyl (C=O) groups excluding carboxylic acids is 1. The summed E-state index contributed by atoms with van der Waals surface area (Å²) >= 11 is 1.79. The highest BCUT2D eigenvalue weighted by molar-refractivity contribution is 7.10. The van der Waals surface area contributed by atoms with Crippen LogP contribution in [0.5, 0.6) is 0 Å². The monoisotopic (exact) mass is 268 g/mol. The van der Waals surface area contributed by atoms with Crippen LogP contribution in [0.25, 0.3) is 0 Å². The molecule has 0 unspecified atom stereocenters. The standard InChI is InChI=1S/C13H20N2O2S/c1-10(2)9-17-14-7-13(16)15-5-3-12-11(8-15)4-6-18-12/h4,6,10,14H,3,5,7-9H2,1-2H3. The SMILES string of the molecule is CC(C)CONCC(=O)N1CCc2sccc2C1. The third kappa shape index (κ3) is 3.54. The summed E-state index contributed by atoms with van der Waals surface area (Å²) in [5.74, 6) is 0.576. The van der Waals surface area contributed by atoms with Gasteiger partial charge in [0.05, 0.1) is 6.61 Å². The minimum Gasteiger partial charge on any atom is -0.337 e. The Balaban J connectivity index is 1.74.